The molecule has 1 aliphatic carbocycles. The second-order valence-corrected chi connectivity index (χ2v) is 11.4. The van der Waals surface area contributed by atoms with E-state index in [1.807, 2.05) is 20.8 Å². The molecule has 2 aromatic rings. The number of fused-ring (bicyclic) bond motifs is 3. The smallest absolute Gasteiger partial charge is 0.428 e. The molecule has 0 bridgehead atoms. The molecule has 1 aliphatic heterocycles. The lowest BCUT2D eigenvalue weighted by Crippen LogP contribution is -2.38. The molecule has 4 rings (SSSR count). The van der Waals surface area contributed by atoms with Gasteiger partial charge in [0.05, 0.1) is 31.4 Å². The molecule has 2 unspecified atom stereocenters. The van der Waals surface area contributed by atoms with Crippen LogP contribution in [0, 0.1) is 11.7 Å². The Morgan fingerprint density at radius 1 is 1.13 bits per heavy atom. The molecule has 0 aromatic heterocycles. The zero-order chi connectivity index (χ0) is 28.5. The van der Waals surface area contributed by atoms with Crippen LogP contribution in [0.1, 0.15) is 54.6 Å². The zero-order valence-corrected chi connectivity index (χ0v) is 23.5. The molecule has 9 nitrogen and oxygen atoms in total. The molecule has 11 heteroatoms. The summed E-state index contributed by atoms with van der Waals surface area (Å²) in [6.07, 6.45) is 1.22. The molecule has 0 radical (unpaired) electrons. The summed E-state index contributed by atoms with van der Waals surface area (Å²) in [5.74, 6) is -0.785. The molecule has 1 amide bonds. The van der Waals surface area contributed by atoms with Crippen molar-refractivity contribution in [3.63, 3.8) is 0 Å². The molecule has 1 saturated carbocycles. The van der Waals surface area contributed by atoms with E-state index >= 15 is 0 Å². The molecule has 2 aliphatic rings. The van der Waals surface area contributed by atoms with Gasteiger partial charge in [0, 0.05) is 12.5 Å². The minimum Gasteiger partial charge on any atom is -0.492 e. The molecule has 0 N–H and O–H groups in total. The first-order valence-corrected chi connectivity index (χ1v) is 14.2. The largest absolute Gasteiger partial charge is 0.492 e. The van der Waals surface area contributed by atoms with Gasteiger partial charge < -0.3 is 14.2 Å². The number of benzene rings is 2. The Morgan fingerprint density at radius 2 is 1.85 bits per heavy atom. The van der Waals surface area contributed by atoms with Crippen molar-refractivity contribution in [1.82, 2.24) is 4.90 Å². The van der Waals surface area contributed by atoms with Gasteiger partial charge in [-0.1, -0.05) is 31.6 Å². The van der Waals surface area contributed by atoms with Crippen molar-refractivity contribution in [3.05, 3.63) is 58.4 Å². The summed E-state index contributed by atoms with van der Waals surface area (Å²) in [4.78, 5) is 27.9. The van der Waals surface area contributed by atoms with Gasteiger partial charge in [-0.2, -0.15) is 4.31 Å². The quantitative estimate of drug-likeness (QED) is 0.403. The van der Waals surface area contributed by atoms with E-state index in [1.54, 1.807) is 12.1 Å². The number of halogens is 1. The number of sulfonamides is 1. The molecule has 2 aromatic carbocycles. The highest BCUT2D eigenvalue weighted by molar-refractivity contribution is 7.93. The van der Waals surface area contributed by atoms with Gasteiger partial charge in [-0.05, 0) is 67.7 Å². The number of ether oxygens (including phenoxy) is 3. The van der Waals surface area contributed by atoms with E-state index in [9.17, 15) is 22.4 Å². The lowest BCUT2D eigenvalue weighted by atomic mass is 10.00. The molecular formula is C28H33FN2O7S. The van der Waals surface area contributed by atoms with Gasteiger partial charge in [-0.25, -0.2) is 22.4 Å². The predicted octanol–water partition coefficient (Wildman–Crippen LogP) is 4.82. The molecule has 210 valence electrons. The summed E-state index contributed by atoms with van der Waals surface area (Å²) in [5.41, 5.74) is 1.15. The van der Waals surface area contributed by atoms with Crippen LogP contribution in [0.5, 0.6) is 5.75 Å². The van der Waals surface area contributed by atoms with Gasteiger partial charge in [0.25, 0.3) is 10.0 Å². The Labute approximate surface area is 228 Å². The fourth-order valence-corrected chi connectivity index (χ4v) is 6.53. The molecule has 1 fully saturated rings. The number of carbonyl (C=O) groups excluding carboxylic acids is 2. The summed E-state index contributed by atoms with van der Waals surface area (Å²) >= 11 is 0. The minimum absolute atomic E-state index is 0.0585. The van der Waals surface area contributed by atoms with Crippen molar-refractivity contribution in [3.8, 4) is 5.75 Å². The third kappa shape index (κ3) is 5.51. The molecule has 2 atom stereocenters. The number of rotatable bonds is 9. The zero-order valence-electron chi connectivity index (χ0n) is 22.7. The highest BCUT2D eigenvalue weighted by Crippen LogP contribution is 2.56. The molecule has 1 heterocycles. The minimum atomic E-state index is -4.72. The number of hydrogen-bond donors (Lipinski definition) is 0. The summed E-state index contributed by atoms with van der Waals surface area (Å²) in [5, 5.41) is 0. The van der Waals surface area contributed by atoms with Crippen molar-refractivity contribution in [1.29, 1.82) is 0 Å². The Hall–Kier alpha value is -3.44. The van der Waals surface area contributed by atoms with Crippen molar-refractivity contribution in [2.75, 3.05) is 44.8 Å². The van der Waals surface area contributed by atoms with E-state index in [2.05, 4.69) is 4.90 Å². The average molecular weight is 561 g/mol. The number of carbonyl (C=O) groups is 2. The molecule has 39 heavy (non-hydrogen) atoms. The number of nitrogens with zero attached hydrogens (tertiary/aromatic N) is 2. The number of methoxy groups -OCH3 is 2. The second kappa shape index (κ2) is 11.4. The number of likely N-dealkylation sites (N-methyl/N-ethyl adjacent to an activating group) is 1. The van der Waals surface area contributed by atoms with Crippen LogP contribution >= 0.6 is 0 Å². The third-order valence-electron chi connectivity index (χ3n) is 7.14. The summed E-state index contributed by atoms with van der Waals surface area (Å²) in [7, 11) is -2.53. The topological polar surface area (TPSA) is 102 Å². The van der Waals surface area contributed by atoms with E-state index in [4.69, 9.17) is 14.2 Å². The van der Waals surface area contributed by atoms with Gasteiger partial charge in [-0.3, -0.25) is 4.90 Å². The summed E-state index contributed by atoms with van der Waals surface area (Å²) in [6, 6.07) is 6.24. The van der Waals surface area contributed by atoms with E-state index in [1.165, 1.54) is 6.07 Å². The lowest BCUT2D eigenvalue weighted by Gasteiger charge is -2.27. The maximum atomic E-state index is 14.4. The monoisotopic (exact) mass is 560 g/mol. The van der Waals surface area contributed by atoms with Gasteiger partial charge >= 0.3 is 12.1 Å². The normalized spacial score (nSPS) is 18.1. The maximum Gasteiger partial charge on any atom is 0.428 e. The van der Waals surface area contributed by atoms with Crippen LogP contribution < -0.4 is 9.04 Å². The van der Waals surface area contributed by atoms with Crippen LogP contribution in [0.4, 0.5) is 14.9 Å². The SMILES string of the molecule is CCN(CC)CC(C)=Cc1cc(F)ccc1S(=O)(=O)N(C(=O)OC)c1ccc2c(c1C(=O)OC)OCC1CC21. The number of hydrogen-bond acceptors (Lipinski definition) is 8. The Kier molecular flexibility index (Phi) is 8.31. The lowest BCUT2D eigenvalue weighted by molar-refractivity contribution is 0.0596. The number of esters is 1. The third-order valence-corrected chi connectivity index (χ3v) is 8.89. The fraction of sp³-hybridized carbons (Fsp3) is 0.429. The van der Waals surface area contributed by atoms with Crippen LogP contribution in [-0.2, 0) is 19.5 Å². The highest BCUT2D eigenvalue weighted by atomic mass is 32.2. The van der Waals surface area contributed by atoms with Crippen LogP contribution in [0.25, 0.3) is 6.08 Å². The highest BCUT2D eigenvalue weighted by Gasteiger charge is 2.47. The van der Waals surface area contributed by atoms with Crippen molar-refractivity contribution in [2.24, 2.45) is 5.92 Å². The van der Waals surface area contributed by atoms with Crippen LogP contribution in [-0.4, -0.2) is 65.8 Å². The van der Waals surface area contributed by atoms with Crippen LogP contribution in [0.2, 0.25) is 0 Å². The van der Waals surface area contributed by atoms with Crippen molar-refractivity contribution < 1.29 is 36.6 Å². The fourth-order valence-electron chi connectivity index (χ4n) is 4.99. The van der Waals surface area contributed by atoms with Gasteiger partial charge in [-0.15, -0.1) is 0 Å². The average Bonchev–Trinajstić information content (AvgIpc) is 3.71. The van der Waals surface area contributed by atoms with E-state index < -0.39 is 27.9 Å². The standard InChI is InChI=1S/C28H33FN2O7S/c1-6-30(7-2)15-17(3)12-18-13-20(29)8-11-24(18)39(34,35)31(28(33)37-5)23-10-9-21-22-14-19(22)16-38-26(21)25(23)27(32)36-4/h8-13,19,22H,6-7,14-16H2,1-5H3. The molecule has 0 spiro atoms. The summed E-state index contributed by atoms with van der Waals surface area (Å²) < 4.78 is 58.8. The van der Waals surface area contributed by atoms with Crippen molar-refractivity contribution in [2.45, 2.75) is 38.0 Å². The van der Waals surface area contributed by atoms with Gasteiger partial charge in [0.1, 0.15) is 17.1 Å². The number of amides is 1. The van der Waals surface area contributed by atoms with Crippen LogP contribution in [0.15, 0.2) is 40.8 Å². The molecule has 0 saturated heterocycles. The van der Waals surface area contributed by atoms with Gasteiger partial charge in [0.2, 0.25) is 0 Å². The Balaban J connectivity index is 1.89. The van der Waals surface area contributed by atoms with E-state index in [0.717, 1.165) is 63.1 Å². The number of anilines is 1. The van der Waals surface area contributed by atoms with E-state index in [-0.39, 0.29) is 33.4 Å². The predicted molar refractivity (Wildman–Crippen MR) is 144 cm³/mol. The maximum absolute atomic E-state index is 14.4. The first kappa shape index (κ1) is 28.6. The van der Waals surface area contributed by atoms with E-state index in [0.29, 0.717) is 23.4 Å². The summed E-state index contributed by atoms with van der Waals surface area (Å²) in [6.45, 7) is 8.31. The second-order valence-electron chi connectivity index (χ2n) is 9.66. The van der Waals surface area contributed by atoms with Gasteiger partial charge in [0.15, 0.2) is 0 Å². The first-order valence-electron chi connectivity index (χ1n) is 12.8. The Bertz CT molecular complexity index is 1420. The van der Waals surface area contributed by atoms with Crippen molar-refractivity contribution >= 4 is 33.8 Å². The first-order chi connectivity index (χ1) is 18.6. The molecular weight excluding hydrogens is 527 g/mol. The van der Waals surface area contributed by atoms with Crippen LogP contribution in [0.3, 0.4) is 0 Å². The Morgan fingerprint density at radius 3 is 2.49 bits per heavy atom.